The molecule has 3 rings (SSSR count). The number of ether oxygens (including phenoxy) is 1. The topological polar surface area (TPSA) is 113 Å². The zero-order valence-corrected chi connectivity index (χ0v) is 20.2. The Labute approximate surface area is 201 Å². The van der Waals surface area contributed by atoms with E-state index in [9.17, 15) is 13.2 Å². The highest BCUT2D eigenvalue weighted by Gasteiger charge is 2.35. The third kappa shape index (κ3) is 8.75. The summed E-state index contributed by atoms with van der Waals surface area (Å²) in [6, 6.07) is 6.90. The largest absolute Gasteiger partial charge is 0.491 e. The van der Waals surface area contributed by atoms with Crippen molar-refractivity contribution in [3.8, 4) is 17.0 Å². The molecule has 0 aliphatic heterocycles. The van der Waals surface area contributed by atoms with Crippen LogP contribution in [0.4, 0.5) is 19.0 Å². The maximum absolute atomic E-state index is 13.5. The van der Waals surface area contributed by atoms with Crippen molar-refractivity contribution < 1.29 is 17.9 Å². The van der Waals surface area contributed by atoms with E-state index in [4.69, 9.17) is 27.8 Å². The summed E-state index contributed by atoms with van der Waals surface area (Å²) in [6.45, 7) is 7.60. The molecule has 0 radical (unpaired) electrons. The predicted octanol–water partition coefficient (Wildman–Crippen LogP) is 5.33. The first-order valence-electron chi connectivity index (χ1n) is 10.4. The van der Waals surface area contributed by atoms with Crippen molar-refractivity contribution in [1.29, 1.82) is 0 Å². The lowest BCUT2D eigenvalue weighted by Gasteiger charge is -2.27. The molecular formula is C23H28ClF3N6O. The third-order valence-electron chi connectivity index (χ3n) is 4.47. The van der Waals surface area contributed by atoms with Gasteiger partial charge in [0.25, 0.3) is 0 Å². The highest BCUT2D eigenvalue weighted by molar-refractivity contribution is 6.29. The minimum Gasteiger partial charge on any atom is -0.491 e. The van der Waals surface area contributed by atoms with Gasteiger partial charge in [0.2, 0.25) is 0 Å². The number of nitrogens with zero attached hydrogens (tertiary/aromatic N) is 4. The second-order valence-corrected chi connectivity index (χ2v) is 8.95. The number of rotatable bonds is 6. The van der Waals surface area contributed by atoms with E-state index in [2.05, 4.69) is 19.9 Å². The van der Waals surface area contributed by atoms with Gasteiger partial charge in [-0.05, 0) is 50.5 Å². The van der Waals surface area contributed by atoms with Crippen LogP contribution in [0.3, 0.4) is 0 Å². The average Bonchev–Trinajstić information content (AvgIpc) is 2.71. The van der Waals surface area contributed by atoms with Gasteiger partial charge in [0, 0.05) is 22.9 Å². The normalized spacial score (nSPS) is 13.1. The summed E-state index contributed by atoms with van der Waals surface area (Å²) in [4.78, 5) is 15.2. The van der Waals surface area contributed by atoms with Gasteiger partial charge in [-0.15, -0.1) is 0 Å². The molecule has 184 valence electrons. The van der Waals surface area contributed by atoms with Crippen molar-refractivity contribution in [2.75, 3.05) is 12.3 Å². The molecule has 0 spiro atoms. The number of anilines is 1. The van der Waals surface area contributed by atoms with Crippen molar-refractivity contribution in [2.45, 2.75) is 45.8 Å². The number of hydrogen-bond acceptors (Lipinski definition) is 7. The number of aromatic nitrogens is 4. The Bertz CT molecular complexity index is 1080. The second-order valence-electron chi connectivity index (χ2n) is 8.56. The molecule has 2 heterocycles. The van der Waals surface area contributed by atoms with E-state index >= 15 is 0 Å². The van der Waals surface area contributed by atoms with Crippen LogP contribution >= 0.6 is 11.6 Å². The lowest BCUT2D eigenvalue weighted by atomic mass is 9.93. The SMILES string of the molecule is CC(C)C[C@](C)(N)COc1ccc(-c2cc(N)ncn2)cc1C(F)(F)F.Cc1cc(Cl)ncn1. The minimum absolute atomic E-state index is 0.0198. The lowest BCUT2D eigenvalue weighted by Crippen LogP contribution is -2.43. The van der Waals surface area contributed by atoms with Crippen LogP contribution in [-0.2, 0) is 6.18 Å². The van der Waals surface area contributed by atoms with E-state index < -0.39 is 17.3 Å². The molecule has 1 atom stereocenters. The van der Waals surface area contributed by atoms with Crippen molar-refractivity contribution in [2.24, 2.45) is 11.7 Å². The third-order valence-corrected chi connectivity index (χ3v) is 4.68. The van der Waals surface area contributed by atoms with E-state index in [0.29, 0.717) is 23.2 Å². The van der Waals surface area contributed by atoms with Gasteiger partial charge in [0.1, 0.15) is 36.0 Å². The van der Waals surface area contributed by atoms with E-state index in [1.165, 1.54) is 30.9 Å². The molecule has 0 saturated heterocycles. The first kappa shape index (κ1) is 27.3. The first-order valence-corrected chi connectivity index (χ1v) is 10.8. The van der Waals surface area contributed by atoms with Gasteiger partial charge in [0.15, 0.2) is 0 Å². The van der Waals surface area contributed by atoms with E-state index in [1.54, 1.807) is 13.0 Å². The maximum Gasteiger partial charge on any atom is 0.419 e. The van der Waals surface area contributed by atoms with Crippen LogP contribution in [-0.4, -0.2) is 32.1 Å². The lowest BCUT2D eigenvalue weighted by molar-refractivity contribution is -0.139. The summed E-state index contributed by atoms with van der Waals surface area (Å²) < 4.78 is 45.9. The van der Waals surface area contributed by atoms with E-state index in [1.807, 2.05) is 20.8 Å². The fourth-order valence-electron chi connectivity index (χ4n) is 3.22. The fraction of sp³-hybridized carbons (Fsp3) is 0.391. The number of hydrogen-bond donors (Lipinski definition) is 2. The summed E-state index contributed by atoms with van der Waals surface area (Å²) in [5.74, 6) is 0.224. The summed E-state index contributed by atoms with van der Waals surface area (Å²) in [7, 11) is 0. The maximum atomic E-state index is 13.5. The van der Waals surface area contributed by atoms with Crippen LogP contribution in [0.2, 0.25) is 5.15 Å². The average molecular weight is 497 g/mol. The molecular weight excluding hydrogens is 469 g/mol. The van der Waals surface area contributed by atoms with Crippen molar-refractivity contribution in [1.82, 2.24) is 19.9 Å². The predicted molar refractivity (Wildman–Crippen MR) is 126 cm³/mol. The minimum atomic E-state index is -4.58. The summed E-state index contributed by atoms with van der Waals surface area (Å²) >= 11 is 5.49. The Morgan fingerprint density at radius 3 is 2.24 bits per heavy atom. The van der Waals surface area contributed by atoms with Gasteiger partial charge in [-0.25, -0.2) is 19.9 Å². The zero-order valence-electron chi connectivity index (χ0n) is 19.4. The Kier molecular flexibility index (Phi) is 9.17. The standard InChI is InChI=1S/C18H23F3N4O.C5H5ClN2/c1-11(2)8-17(3,23)9-26-15-5-4-12(6-13(15)18(19,20)21)14-7-16(22)25-10-24-14;1-4-2-5(6)8-3-7-4/h4-7,10-11H,8-9,23H2,1-3H3,(H2,22,24,25);2-3H,1H3/t17-;/m0./s1. The van der Waals surface area contributed by atoms with Gasteiger partial charge in [-0.3, -0.25) is 0 Å². The molecule has 11 heteroatoms. The molecule has 1 aromatic carbocycles. The Hall–Kier alpha value is -2.98. The molecule has 0 aliphatic carbocycles. The molecule has 0 amide bonds. The highest BCUT2D eigenvalue weighted by Crippen LogP contribution is 2.39. The fourth-order valence-corrected chi connectivity index (χ4v) is 3.42. The number of nitrogens with two attached hydrogens (primary N) is 2. The van der Waals surface area contributed by atoms with E-state index in [-0.39, 0.29) is 23.7 Å². The molecule has 0 unspecified atom stereocenters. The van der Waals surface area contributed by atoms with Gasteiger partial charge >= 0.3 is 6.18 Å². The number of alkyl halides is 3. The smallest absolute Gasteiger partial charge is 0.419 e. The highest BCUT2D eigenvalue weighted by atomic mass is 35.5. The number of halogens is 4. The Morgan fingerprint density at radius 2 is 1.71 bits per heavy atom. The van der Waals surface area contributed by atoms with E-state index in [0.717, 1.165) is 11.8 Å². The van der Waals surface area contributed by atoms with Crippen molar-refractivity contribution in [3.05, 3.63) is 59.4 Å². The summed E-state index contributed by atoms with van der Waals surface area (Å²) in [5, 5.41) is 0.498. The van der Waals surface area contributed by atoms with Gasteiger partial charge in [-0.2, -0.15) is 13.2 Å². The van der Waals surface area contributed by atoms with Crippen LogP contribution in [0.25, 0.3) is 11.3 Å². The number of benzene rings is 1. The van der Waals surface area contributed by atoms with Gasteiger partial charge in [0.05, 0.1) is 11.3 Å². The molecule has 4 N–H and O–H groups in total. The van der Waals surface area contributed by atoms with Gasteiger partial charge in [-0.1, -0.05) is 25.4 Å². The summed E-state index contributed by atoms with van der Waals surface area (Å²) in [6.07, 6.45) is -1.30. The molecule has 0 saturated carbocycles. The molecule has 7 nitrogen and oxygen atoms in total. The zero-order chi connectivity index (χ0) is 25.5. The molecule has 0 aliphatic rings. The summed E-state index contributed by atoms with van der Waals surface area (Å²) in [5.41, 5.74) is 11.6. The van der Waals surface area contributed by atoms with Crippen molar-refractivity contribution in [3.63, 3.8) is 0 Å². The second kappa shape index (κ2) is 11.4. The Balaban J connectivity index is 0.000000430. The first-order chi connectivity index (χ1) is 15.8. The Morgan fingerprint density at radius 1 is 1.03 bits per heavy atom. The van der Waals surface area contributed by atoms with Crippen LogP contribution in [0.15, 0.2) is 43.0 Å². The molecule has 0 fully saturated rings. The van der Waals surface area contributed by atoms with Gasteiger partial charge < -0.3 is 16.2 Å². The van der Waals surface area contributed by atoms with Crippen LogP contribution in [0, 0.1) is 12.8 Å². The number of aryl methyl sites for hydroxylation is 1. The molecule has 34 heavy (non-hydrogen) atoms. The van der Waals surface area contributed by atoms with Crippen molar-refractivity contribution >= 4 is 17.4 Å². The number of nitrogen functional groups attached to an aromatic ring is 1. The quantitative estimate of drug-likeness (QED) is 0.443. The van der Waals surface area contributed by atoms with Crippen LogP contribution in [0.1, 0.15) is 38.4 Å². The molecule has 3 aromatic rings. The van der Waals surface area contributed by atoms with Crippen LogP contribution < -0.4 is 16.2 Å². The molecule has 0 bridgehead atoms. The monoisotopic (exact) mass is 496 g/mol. The van der Waals surface area contributed by atoms with Crippen LogP contribution in [0.5, 0.6) is 5.75 Å². The molecule has 2 aromatic heterocycles.